The fraction of sp³-hybridized carbons (Fsp3) is 0.429. The minimum Gasteiger partial charge on any atom is -0.454 e. The fourth-order valence-electron chi connectivity index (χ4n) is 3.96. The van der Waals surface area contributed by atoms with E-state index >= 15 is 0 Å². The first-order valence-corrected chi connectivity index (χ1v) is 10.3. The number of hydrogen-bond donors (Lipinski definition) is 0. The Morgan fingerprint density at radius 2 is 1.68 bits per heavy atom. The molecule has 2 aromatic rings. The lowest BCUT2D eigenvalue weighted by molar-refractivity contribution is 0.174. The predicted octanol–water partition coefficient (Wildman–Crippen LogP) is 4.98. The van der Waals surface area contributed by atoms with Gasteiger partial charge in [0.15, 0.2) is 11.5 Å². The molecular formula is C21H23NO2S. The van der Waals surface area contributed by atoms with Crippen molar-refractivity contribution in [3.63, 3.8) is 0 Å². The van der Waals surface area contributed by atoms with Crippen molar-refractivity contribution in [2.24, 2.45) is 0 Å². The molecule has 3 nitrogen and oxygen atoms in total. The highest BCUT2D eigenvalue weighted by atomic mass is 32.2. The molecule has 130 valence electrons. The third-order valence-corrected chi connectivity index (χ3v) is 6.74. The van der Waals surface area contributed by atoms with Crippen molar-refractivity contribution in [3.8, 4) is 11.5 Å². The lowest BCUT2D eigenvalue weighted by Gasteiger charge is -2.42. The number of thioether (sulfide) groups is 1. The molecule has 0 bridgehead atoms. The molecule has 1 saturated carbocycles. The van der Waals surface area contributed by atoms with E-state index in [4.69, 9.17) is 9.47 Å². The number of anilines is 1. The Balaban J connectivity index is 1.48. The standard InChI is InChI=1S/C21H23NO2S/c1-14-11-25-12-19(17-6-4-16(5-7-17)15-2-3-15)22(14)18-8-9-20-21(10-18)24-13-23-20/h4-10,14-15,19H,2-3,11-13H2,1H3. The van der Waals surface area contributed by atoms with Crippen LogP contribution in [-0.2, 0) is 0 Å². The van der Waals surface area contributed by atoms with E-state index in [-0.39, 0.29) is 0 Å². The van der Waals surface area contributed by atoms with Gasteiger partial charge < -0.3 is 14.4 Å². The van der Waals surface area contributed by atoms with E-state index in [9.17, 15) is 0 Å². The molecule has 0 amide bonds. The molecule has 2 aliphatic heterocycles. The number of hydrogen-bond acceptors (Lipinski definition) is 4. The molecule has 0 spiro atoms. The second-order valence-corrected chi connectivity index (χ2v) is 8.36. The highest BCUT2D eigenvalue weighted by molar-refractivity contribution is 7.99. The number of ether oxygens (including phenoxy) is 2. The van der Waals surface area contributed by atoms with Crippen LogP contribution in [0.4, 0.5) is 5.69 Å². The van der Waals surface area contributed by atoms with E-state index in [0.29, 0.717) is 18.9 Å². The summed E-state index contributed by atoms with van der Waals surface area (Å²) in [6, 6.07) is 16.6. The topological polar surface area (TPSA) is 21.7 Å². The van der Waals surface area contributed by atoms with Crippen molar-refractivity contribution in [2.45, 2.75) is 37.8 Å². The first kappa shape index (κ1) is 15.4. The Labute approximate surface area is 153 Å². The predicted molar refractivity (Wildman–Crippen MR) is 103 cm³/mol. The summed E-state index contributed by atoms with van der Waals surface area (Å²) in [6.45, 7) is 2.65. The Morgan fingerprint density at radius 1 is 0.920 bits per heavy atom. The van der Waals surface area contributed by atoms with E-state index in [2.05, 4.69) is 60.0 Å². The van der Waals surface area contributed by atoms with Crippen molar-refractivity contribution < 1.29 is 9.47 Å². The molecule has 2 aromatic carbocycles. The molecule has 2 atom stereocenters. The van der Waals surface area contributed by atoms with Crippen LogP contribution in [0.5, 0.6) is 11.5 Å². The maximum Gasteiger partial charge on any atom is 0.231 e. The number of rotatable bonds is 3. The molecular weight excluding hydrogens is 330 g/mol. The Morgan fingerprint density at radius 3 is 2.48 bits per heavy atom. The van der Waals surface area contributed by atoms with Crippen molar-refractivity contribution in [3.05, 3.63) is 53.6 Å². The van der Waals surface area contributed by atoms with Crippen molar-refractivity contribution in [2.75, 3.05) is 23.2 Å². The van der Waals surface area contributed by atoms with Gasteiger partial charge in [0, 0.05) is 29.3 Å². The van der Waals surface area contributed by atoms with Gasteiger partial charge in [-0.05, 0) is 48.9 Å². The summed E-state index contributed by atoms with van der Waals surface area (Å²) in [5.74, 6) is 4.82. The summed E-state index contributed by atoms with van der Waals surface area (Å²) in [5.41, 5.74) is 4.16. The highest BCUT2D eigenvalue weighted by Crippen LogP contribution is 2.43. The van der Waals surface area contributed by atoms with Crippen molar-refractivity contribution in [1.82, 2.24) is 0 Å². The van der Waals surface area contributed by atoms with E-state index in [1.807, 2.05) is 6.07 Å². The maximum atomic E-state index is 5.60. The zero-order valence-corrected chi connectivity index (χ0v) is 15.3. The Bertz CT molecular complexity index is 772. The summed E-state index contributed by atoms with van der Waals surface area (Å²) in [5, 5.41) is 0. The zero-order valence-electron chi connectivity index (χ0n) is 14.5. The molecule has 25 heavy (non-hydrogen) atoms. The summed E-state index contributed by atoms with van der Waals surface area (Å²) >= 11 is 2.06. The first-order chi connectivity index (χ1) is 12.3. The lowest BCUT2D eigenvalue weighted by Crippen LogP contribution is -2.43. The fourth-order valence-corrected chi connectivity index (χ4v) is 5.18. The van der Waals surface area contributed by atoms with Crippen LogP contribution in [0.3, 0.4) is 0 Å². The van der Waals surface area contributed by atoms with Crippen LogP contribution in [0.15, 0.2) is 42.5 Å². The average Bonchev–Trinajstić information content (AvgIpc) is 3.39. The minimum absolute atomic E-state index is 0.330. The monoisotopic (exact) mass is 353 g/mol. The van der Waals surface area contributed by atoms with Crippen LogP contribution in [0.2, 0.25) is 0 Å². The average molecular weight is 353 g/mol. The van der Waals surface area contributed by atoms with E-state index in [1.54, 1.807) is 0 Å². The molecule has 0 N–H and O–H groups in total. The smallest absolute Gasteiger partial charge is 0.231 e. The van der Waals surface area contributed by atoms with Crippen LogP contribution in [0.1, 0.15) is 42.9 Å². The second-order valence-electron chi connectivity index (χ2n) is 7.29. The van der Waals surface area contributed by atoms with Gasteiger partial charge in [-0.3, -0.25) is 0 Å². The molecule has 1 aliphatic carbocycles. The molecule has 4 heteroatoms. The Hall–Kier alpha value is -1.81. The summed E-state index contributed by atoms with van der Waals surface area (Å²) in [6.07, 6.45) is 2.72. The third-order valence-electron chi connectivity index (χ3n) is 5.47. The number of fused-ring (bicyclic) bond motifs is 1. The molecule has 2 heterocycles. The van der Waals surface area contributed by atoms with Crippen molar-refractivity contribution >= 4 is 17.4 Å². The molecule has 0 aromatic heterocycles. The minimum atomic E-state index is 0.330. The van der Waals surface area contributed by atoms with Crippen molar-refractivity contribution in [1.29, 1.82) is 0 Å². The van der Waals surface area contributed by atoms with Gasteiger partial charge >= 0.3 is 0 Å². The van der Waals surface area contributed by atoms with Gasteiger partial charge in [-0.2, -0.15) is 11.8 Å². The number of nitrogens with zero attached hydrogens (tertiary/aromatic N) is 1. The van der Waals surface area contributed by atoms with Gasteiger partial charge in [0.25, 0.3) is 0 Å². The molecule has 1 saturated heterocycles. The third kappa shape index (κ3) is 2.86. The van der Waals surface area contributed by atoms with Gasteiger partial charge in [0.05, 0.1) is 6.04 Å². The van der Waals surface area contributed by atoms with E-state index < -0.39 is 0 Å². The summed E-state index contributed by atoms with van der Waals surface area (Å²) in [7, 11) is 0. The van der Waals surface area contributed by atoms with Gasteiger partial charge in [0.1, 0.15) is 0 Å². The number of benzene rings is 2. The zero-order chi connectivity index (χ0) is 16.8. The Kier molecular flexibility index (Phi) is 3.81. The molecule has 3 aliphatic rings. The van der Waals surface area contributed by atoms with Gasteiger partial charge in [0.2, 0.25) is 6.79 Å². The molecule has 5 rings (SSSR count). The molecule has 2 fully saturated rings. The molecule has 0 radical (unpaired) electrons. The van der Waals surface area contributed by atoms with Crippen LogP contribution in [0, 0.1) is 0 Å². The first-order valence-electron chi connectivity index (χ1n) is 9.15. The molecule has 2 unspecified atom stereocenters. The SMILES string of the molecule is CC1CSCC(c2ccc(C3CC3)cc2)N1c1ccc2c(c1)OCO2. The van der Waals surface area contributed by atoms with Crippen LogP contribution >= 0.6 is 11.8 Å². The van der Waals surface area contributed by atoms with Crippen LogP contribution in [-0.4, -0.2) is 24.3 Å². The quantitative estimate of drug-likeness (QED) is 0.776. The van der Waals surface area contributed by atoms with E-state index in [0.717, 1.165) is 28.9 Å². The van der Waals surface area contributed by atoms with Crippen LogP contribution in [0.25, 0.3) is 0 Å². The lowest BCUT2D eigenvalue weighted by atomic mass is 10.0. The van der Waals surface area contributed by atoms with E-state index in [1.165, 1.54) is 29.7 Å². The van der Waals surface area contributed by atoms with Gasteiger partial charge in [-0.15, -0.1) is 0 Å². The van der Waals surface area contributed by atoms with Gasteiger partial charge in [-0.1, -0.05) is 24.3 Å². The normalized spacial score (nSPS) is 25.2. The highest BCUT2D eigenvalue weighted by Gasteiger charge is 2.31. The largest absolute Gasteiger partial charge is 0.454 e. The maximum absolute atomic E-state index is 5.60. The second kappa shape index (κ2) is 6.17. The van der Waals surface area contributed by atoms with Gasteiger partial charge in [-0.25, -0.2) is 0 Å². The van der Waals surface area contributed by atoms with Crippen LogP contribution < -0.4 is 14.4 Å². The summed E-state index contributed by atoms with van der Waals surface area (Å²) in [4.78, 5) is 2.56. The summed E-state index contributed by atoms with van der Waals surface area (Å²) < 4.78 is 11.1.